The Kier molecular flexibility index (Phi) is 10.2. The minimum absolute atomic E-state index is 0.133. The number of alkyl halides is 4. The van der Waals surface area contributed by atoms with E-state index >= 15 is 0 Å². The topological polar surface area (TPSA) is 159 Å². The minimum atomic E-state index is -4.75. The average molecular weight is 681 g/mol. The van der Waals surface area contributed by atoms with E-state index in [4.69, 9.17) is 5.14 Å². The molecule has 1 aliphatic carbocycles. The number of hydrogen-bond acceptors (Lipinski definition) is 6. The minimum Gasteiger partial charge on any atom is -0.350 e. The molecule has 15 heteroatoms. The molecule has 3 amide bonds. The van der Waals surface area contributed by atoms with Crippen LogP contribution in [0.5, 0.6) is 0 Å². The van der Waals surface area contributed by atoms with Crippen molar-refractivity contribution in [1.29, 1.82) is 0 Å². The second-order valence-corrected chi connectivity index (χ2v) is 11.3. The summed E-state index contributed by atoms with van der Waals surface area (Å²) < 4.78 is 61.9. The number of sulfonamides is 1. The summed E-state index contributed by atoms with van der Waals surface area (Å²) in [6, 6.07) is 8.19. The molecule has 0 unspecified atom stereocenters. The van der Waals surface area contributed by atoms with Gasteiger partial charge in [0.25, 0.3) is 11.8 Å². The number of benzene rings is 2. The van der Waals surface area contributed by atoms with Gasteiger partial charge in [-0.05, 0) is 54.8 Å². The van der Waals surface area contributed by atoms with E-state index in [9.17, 15) is 36.0 Å². The molecule has 0 heterocycles. The van der Waals surface area contributed by atoms with Crippen LogP contribution in [-0.2, 0) is 19.2 Å². The Bertz CT molecular complexity index is 1320. The molecule has 0 saturated heterocycles. The molecule has 2 aromatic rings. The van der Waals surface area contributed by atoms with Crippen molar-refractivity contribution in [3.8, 4) is 0 Å². The van der Waals surface area contributed by atoms with Crippen LogP contribution in [0.15, 0.2) is 47.4 Å². The van der Waals surface area contributed by atoms with Gasteiger partial charge in [-0.2, -0.15) is 13.2 Å². The average Bonchev–Trinajstić information content (AvgIpc) is 2.87. The number of amides is 3. The molecule has 39 heavy (non-hydrogen) atoms. The predicted octanol–water partition coefficient (Wildman–Crippen LogP) is 2.79. The summed E-state index contributed by atoms with van der Waals surface area (Å²) in [5, 5.41) is 14.4. The van der Waals surface area contributed by atoms with Gasteiger partial charge in [-0.1, -0.05) is 41.5 Å². The number of carbonyl (C=O) groups excluding carboxylic acids is 3. The van der Waals surface area contributed by atoms with Gasteiger partial charge in [-0.25, -0.2) is 13.6 Å². The SMILES string of the molecule is NS(=O)(=O)c1ccc(C(=O)N[C@H]2CCCC[C@H]2NC(=O)CNC(=O)c2cc(CI)ccc2NC(F)(F)F)cc1. The molecule has 1 saturated carbocycles. The quantitative estimate of drug-likeness (QED) is 0.156. The van der Waals surface area contributed by atoms with Gasteiger partial charge in [0.15, 0.2) is 0 Å². The van der Waals surface area contributed by atoms with Crippen molar-refractivity contribution < 1.29 is 36.0 Å². The van der Waals surface area contributed by atoms with Crippen molar-refractivity contribution in [1.82, 2.24) is 16.0 Å². The summed E-state index contributed by atoms with van der Waals surface area (Å²) in [4.78, 5) is 37.9. The highest BCUT2D eigenvalue weighted by molar-refractivity contribution is 14.1. The molecular formula is C24H27F3IN5O5S. The Balaban J connectivity index is 1.61. The third-order valence-corrected chi connectivity index (χ3v) is 7.85. The monoisotopic (exact) mass is 681 g/mol. The lowest BCUT2D eigenvalue weighted by Crippen LogP contribution is -2.54. The molecule has 0 aliphatic heterocycles. The third-order valence-electron chi connectivity index (χ3n) is 6.04. The Morgan fingerprint density at radius 1 is 0.949 bits per heavy atom. The van der Waals surface area contributed by atoms with Crippen LogP contribution >= 0.6 is 22.6 Å². The van der Waals surface area contributed by atoms with Crippen molar-refractivity contribution in [3.05, 3.63) is 59.2 Å². The van der Waals surface area contributed by atoms with Crippen molar-refractivity contribution in [2.24, 2.45) is 5.14 Å². The van der Waals surface area contributed by atoms with Crippen LogP contribution in [0.3, 0.4) is 0 Å². The predicted molar refractivity (Wildman–Crippen MR) is 146 cm³/mol. The largest absolute Gasteiger partial charge is 0.482 e. The van der Waals surface area contributed by atoms with E-state index in [1.165, 1.54) is 41.7 Å². The van der Waals surface area contributed by atoms with Crippen LogP contribution in [-0.4, -0.2) is 51.1 Å². The molecule has 2 aromatic carbocycles. The lowest BCUT2D eigenvalue weighted by molar-refractivity contribution is -0.121. The first-order valence-corrected chi connectivity index (χ1v) is 14.9. The van der Waals surface area contributed by atoms with Crippen LogP contribution in [0.25, 0.3) is 0 Å². The van der Waals surface area contributed by atoms with Gasteiger partial charge in [0.1, 0.15) is 0 Å². The Labute approximate surface area is 236 Å². The fraction of sp³-hybridized carbons (Fsp3) is 0.375. The lowest BCUT2D eigenvalue weighted by atomic mass is 9.90. The van der Waals surface area contributed by atoms with Crippen LogP contribution in [0.2, 0.25) is 0 Å². The molecule has 0 aromatic heterocycles. The fourth-order valence-electron chi connectivity index (χ4n) is 4.16. The summed E-state index contributed by atoms with van der Waals surface area (Å²) in [5.74, 6) is -1.88. The van der Waals surface area contributed by atoms with Crippen molar-refractivity contribution in [2.45, 2.75) is 53.4 Å². The van der Waals surface area contributed by atoms with Gasteiger partial charge < -0.3 is 16.0 Å². The van der Waals surface area contributed by atoms with Gasteiger partial charge in [-0.15, -0.1) is 0 Å². The van der Waals surface area contributed by atoms with Crippen molar-refractivity contribution in [3.63, 3.8) is 0 Å². The Hall–Kier alpha value is -2.92. The van der Waals surface area contributed by atoms with E-state index in [0.29, 0.717) is 22.8 Å². The molecule has 10 nitrogen and oxygen atoms in total. The first-order valence-electron chi connectivity index (χ1n) is 11.8. The Morgan fingerprint density at radius 3 is 2.13 bits per heavy atom. The number of anilines is 1. The maximum absolute atomic E-state index is 12.9. The number of halogens is 4. The first-order chi connectivity index (χ1) is 18.3. The van der Waals surface area contributed by atoms with Crippen LogP contribution < -0.4 is 26.4 Å². The standard InChI is InChI=1S/C24H27F3IN5O5S/c25-24(26,27)33-18-10-5-14(12-28)11-17(18)23(36)30-13-21(34)31-19-3-1-2-4-20(19)32-22(35)15-6-8-16(9-7-15)39(29,37)38/h5-11,19-20,33H,1-4,12-13H2,(H,30,36)(H,31,34)(H,32,35)(H2,29,37,38)/t19-,20+/m1/s1. The fourth-order valence-corrected chi connectivity index (χ4v) is 5.15. The summed E-state index contributed by atoms with van der Waals surface area (Å²) in [7, 11) is -3.90. The maximum Gasteiger partial charge on any atom is 0.482 e. The van der Waals surface area contributed by atoms with Gasteiger partial charge in [0, 0.05) is 22.1 Å². The highest BCUT2D eigenvalue weighted by Crippen LogP contribution is 2.25. The van der Waals surface area contributed by atoms with Crippen LogP contribution in [0, 0.1) is 0 Å². The zero-order chi connectivity index (χ0) is 28.8. The number of primary sulfonamides is 1. The number of carbonyl (C=O) groups is 3. The summed E-state index contributed by atoms with van der Waals surface area (Å²) in [6.45, 7) is -0.481. The van der Waals surface area contributed by atoms with Gasteiger partial charge in [0.2, 0.25) is 15.9 Å². The van der Waals surface area contributed by atoms with E-state index in [1.54, 1.807) is 0 Å². The van der Waals surface area contributed by atoms with Gasteiger partial charge in [-0.3, -0.25) is 19.7 Å². The molecule has 2 atom stereocenters. The highest BCUT2D eigenvalue weighted by atomic mass is 127. The second-order valence-electron chi connectivity index (χ2n) is 8.93. The second kappa shape index (κ2) is 13.0. The van der Waals surface area contributed by atoms with E-state index in [2.05, 4.69) is 16.0 Å². The van der Waals surface area contributed by atoms with Crippen LogP contribution in [0.1, 0.15) is 52.0 Å². The molecule has 1 aliphatic rings. The molecule has 6 N–H and O–H groups in total. The van der Waals surface area contributed by atoms with E-state index in [-0.39, 0.29) is 16.0 Å². The molecule has 1 fully saturated rings. The van der Waals surface area contributed by atoms with Crippen LogP contribution in [0.4, 0.5) is 18.9 Å². The molecule has 3 rings (SSSR count). The lowest BCUT2D eigenvalue weighted by Gasteiger charge is -2.33. The zero-order valence-corrected chi connectivity index (χ0v) is 23.5. The highest BCUT2D eigenvalue weighted by Gasteiger charge is 2.30. The summed E-state index contributed by atoms with van der Waals surface area (Å²) in [5.41, 5.74) is 0.173. The van der Waals surface area contributed by atoms with Gasteiger partial charge >= 0.3 is 6.30 Å². The molecule has 0 radical (unpaired) electrons. The normalized spacial score (nSPS) is 17.7. The third kappa shape index (κ3) is 9.06. The van der Waals surface area contributed by atoms with E-state index in [0.717, 1.165) is 18.9 Å². The molecule has 0 spiro atoms. The molecular weight excluding hydrogens is 654 g/mol. The molecule has 212 valence electrons. The smallest absolute Gasteiger partial charge is 0.350 e. The first kappa shape index (κ1) is 30.6. The maximum atomic E-state index is 12.9. The zero-order valence-electron chi connectivity index (χ0n) is 20.5. The Morgan fingerprint density at radius 2 is 1.56 bits per heavy atom. The number of rotatable bonds is 9. The summed E-state index contributed by atoms with van der Waals surface area (Å²) in [6.07, 6.45) is -2.01. The number of nitrogens with one attached hydrogen (secondary N) is 4. The van der Waals surface area contributed by atoms with Gasteiger partial charge in [0.05, 0.1) is 22.7 Å². The van der Waals surface area contributed by atoms with E-state index < -0.39 is 58.4 Å². The van der Waals surface area contributed by atoms with Crippen molar-refractivity contribution >= 4 is 56.0 Å². The molecule has 0 bridgehead atoms. The number of hydrogen-bond donors (Lipinski definition) is 5. The summed E-state index contributed by atoms with van der Waals surface area (Å²) >= 11 is 2.02. The number of nitrogens with two attached hydrogens (primary N) is 1. The van der Waals surface area contributed by atoms with E-state index in [1.807, 2.05) is 22.6 Å². The van der Waals surface area contributed by atoms with Crippen molar-refractivity contribution in [2.75, 3.05) is 11.9 Å².